The molecule has 114 valence electrons. The molecule has 2 amide bonds. The fourth-order valence-corrected chi connectivity index (χ4v) is 1.67. The van der Waals surface area contributed by atoms with Gasteiger partial charge in [0.05, 0.1) is 5.69 Å². The highest BCUT2D eigenvalue weighted by atomic mass is 16.4. The summed E-state index contributed by atoms with van der Waals surface area (Å²) < 4.78 is 0. The van der Waals surface area contributed by atoms with Crippen molar-refractivity contribution in [2.24, 2.45) is 5.73 Å². The number of carbonyl (C=O) groups excluding carboxylic acids is 2. The number of aromatic nitrogens is 2. The molecule has 0 saturated carbocycles. The Hall–Kier alpha value is -2.71. The molecule has 0 aliphatic carbocycles. The predicted molar refractivity (Wildman–Crippen MR) is 71.7 cm³/mol. The van der Waals surface area contributed by atoms with Gasteiger partial charge in [-0.3, -0.25) is 14.4 Å². The second-order valence-electron chi connectivity index (χ2n) is 4.51. The quantitative estimate of drug-likeness (QED) is 0.518. The van der Waals surface area contributed by atoms with Crippen LogP contribution in [-0.4, -0.2) is 39.1 Å². The van der Waals surface area contributed by atoms with E-state index in [0.29, 0.717) is 11.3 Å². The molecule has 0 radical (unpaired) electrons. The summed E-state index contributed by atoms with van der Waals surface area (Å²) in [5, 5.41) is 17.1. The molecule has 1 rings (SSSR count). The Morgan fingerprint density at radius 2 is 2.00 bits per heavy atom. The number of rotatable bonds is 6. The number of H-pyrrole nitrogens is 1. The van der Waals surface area contributed by atoms with Gasteiger partial charge in [0, 0.05) is 6.42 Å². The molecule has 9 heteroatoms. The minimum Gasteiger partial charge on any atom is -0.480 e. The zero-order chi connectivity index (χ0) is 16.2. The molecule has 1 aromatic heterocycles. The summed E-state index contributed by atoms with van der Waals surface area (Å²) in [6.07, 6.45) is -0.348. The molecule has 0 bridgehead atoms. The van der Waals surface area contributed by atoms with E-state index in [4.69, 9.17) is 10.8 Å². The van der Waals surface area contributed by atoms with E-state index in [2.05, 4.69) is 15.5 Å². The molecule has 0 saturated heterocycles. The number of aryl methyl sites for hydroxylation is 1. The molecule has 1 atom stereocenters. The van der Waals surface area contributed by atoms with E-state index in [9.17, 15) is 19.2 Å². The van der Waals surface area contributed by atoms with Crippen LogP contribution in [0, 0.1) is 13.8 Å². The van der Waals surface area contributed by atoms with Crippen LogP contribution >= 0.6 is 0 Å². The minimum atomic E-state index is -1.32. The first-order valence-corrected chi connectivity index (χ1v) is 6.12. The van der Waals surface area contributed by atoms with E-state index in [-0.39, 0.29) is 18.4 Å². The van der Waals surface area contributed by atoms with E-state index < -0.39 is 29.4 Å². The zero-order valence-electron chi connectivity index (χ0n) is 11.6. The van der Waals surface area contributed by atoms with Crippen molar-refractivity contribution in [1.82, 2.24) is 15.5 Å². The summed E-state index contributed by atoms with van der Waals surface area (Å²) in [6.45, 7) is 3.13. The molecule has 0 unspecified atom stereocenters. The summed E-state index contributed by atoms with van der Waals surface area (Å²) >= 11 is 0. The van der Waals surface area contributed by atoms with Crippen molar-refractivity contribution in [3.05, 3.63) is 27.2 Å². The number of primary amides is 1. The molecule has 0 aromatic carbocycles. The highest BCUT2D eigenvalue weighted by molar-refractivity contribution is 5.97. The summed E-state index contributed by atoms with van der Waals surface area (Å²) in [7, 11) is 0. The first-order valence-electron chi connectivity index (χ1n) is 6.12. The monoisotopic (exact) mass is 296 g/mol. The Morgan fingerprint density at radius 3 is 2.52 bits per heavy atom. The number of carbonyl (C=O) groups is 3. The Kier molecular flexibility index (Phi) is 5.17. The number of aromatic amines is 1. The topological polar surface area (TPSA) is 155 Å². The molecule has 1 aromatic rings. The van der Waals surface area contributed by atoms with Gasteiger partial charge in [0.1, 0.15) is 11.6 Å². The Bertz CT molecular complexity index is 637. The molecular weight excluding hydrogens is 280 g/mol. The van der Waals surface area contributed by atoms with Gasteiger partial charge >= 0.3 is 5.97 Å². The molecular formula is C12H16N4O5. The lowest BCUT2D eigenvalue weighted by Gasteiger charge is -2.14. The molecule has 1 heterocycles. The first-order chi connectivity index (χ1) is 9.73. The molecule has 0 aliphatic rings. The number of amides is 2. The van der Waals surface area contributed by atoms with Crippen molar-refractivity contribution < 1.29 is 19.5 Å². The molecule has 9 nitrogen and oxygen atoms in total. The predicted octanol–water partition coefficient (Wildman–Crippen LogP) is -1.16. The number of hydrogen-bond acceptors (Lipinski definition) is 5. The number of nitrogens with two attached hydrogens (primary N) is 1. The van der Waals surface area contributed by atoms with Crippen molar-refractivity contribution in [3.63, 3.8) is 0 Å². The van der Waals surface area contributed by atoms with Crippen LogP contribution in [0.15, 0.2) is 4.79 Å². The normalized spacial score (nSPS) is 11.7. The maximum absolute atomic E-state index is 12.1. The van der Waals surface area contributed by atoms with E-state index in [0.717, 1.165) is 0 Å². The largest absolute Gasteiger partial charge is 0.480 e. The van der Waals surface area contributed by atoms with Gasteiger partial charge in [-0.05, 0) is 25.8 Å². The number of nitrogens with zero attached hydrogens (tertiary/aromatic N) is 1. The fourth-order valence-electron chi connectivity index (χ4n) is 1.67. The third-order valence-corrected chi connectivity index (χ3v) is 2.98. The number of aliphatic carboxylic acids is 1. The Labute approximate surface area is 119 Å². The average molecular weight is 296 g/mol. The van der Waals surface area contributed by atoms with Crippen LogP contribution in [0.2, 0.25) is 0 Å². The second kappa shape index (κ2) is 6.64. The lowest BCUT2D eigenvalue weighted by atomic mass is 10.1. The van der Waals surface area contributed by atoms with E-state index in [1.54, 1.807) is 6.92 Å². The van der Waals surface area contributed by atoms with Crippen LogP contribution in [-0.2, 0) is 9.59 Å². The van der Waals surface area contributed by atoms with Crippen LogP contribution in [0.3, 0.4) is 0 Å². The van der Waals surface area contributed by atoms with Gasteiger partial charge in [0.25, 0.3) is 11.5 Å². The van der Waals surface area contributed by atoms with Crippen molar-refractivity contribution in [1.29, 1.82) is 0 Å². The number of carboxylic acid groups (broad SMARTS) is 1. The van der Waals surface area contributed by atoms with Crippen molar-refractivity contribution in [2.75, 3.05) is 0 Å². The van der Waals surface area contributed by atoms with Crippen LogP contribution in [0.25, 0.3) is 0 Å². The fraction of sp³-hybridized carbons (Fsp3) is 0.417. The van der Waals surface area contributed by atoms with Gasteiger partial charge in [-0.25, -0.2) is 9.89 Å². The van der Waals surface area contributed by atoms with Gasteiger partial charge in [-0.1, -0.05) is 0 Å². The van der Waals surface area contributed by atoms with Gasteiger partial charge in [0.15, 0.2) is 0 Å². The third kappa shape index (κ3) is 4.13. The summed E-state index contributed by atoms with van der Waals surface area (Å²) in [5.41, 5.74) is 4.83. The molecule has 5 N–H and O–H groups in total. The molecule has 0 aliphatic heterocycles. The Balaban J connectivity index is 2.98. The maximum Gasteiger partial charge on any atom is 0.326 e. The second-order valence-corrected chi connectivity index (χ2v) is 4.51. The molecule has 0 spiro atoms. The number of nitrogens with one attached hydrogen (secondary N) is 2. The van der Waals surface area contributed by atoms with Crippen LogP contribution in [0.5, 0.6) is 0 Å². The molecule has 21 heavy (non-hydrogen) atoms. The average Bonchev–Trinajstić information content (AvgIpc) is 2.38. The van der Waals surface area contributed by atoms with Gasteiger partial charge in [-0.2, -0.15) is 5.10 Å². The summed E-state index contributed by atoms with van der Waals surface area (Å²) in [4.78, 5) is 45.4. The maximum atomic E-state index is 12.1. The smallest absolute Gasteiger partial charge is 0.326 e. The lowest BCUT2D eigenvalue weighted by Crippen LogP contribution is -2.43. The van der Waals surface area contributed by atoms with Crippen LogP contribution in [0.1, 0.15) is 34.5 Å². The van der Waals surface area contributed by atoms with Crippen LogP contribution in [0.4, 0.5) is 0 Å². The first kappa shape index (κ1) is 16.3. The molecule has 0 fully saturated rings. The number of carboxylic acids is 1. The summed E-state index contributed by atoms with van der Waals surface area (Å²) in [5.74, 6) is -2.83. The highest BCUT2D eigenvalue weighted by Crippen LogP contribution is 2.06. The number of hydrogen-bond donors (Lipinski definition) is 4. The van der Waals surface area contributed by atoms with Crippen molar-refractivity contribution in [2.45, 2.75) is 32.7 Å². The van der Waals surface area contributed by atoms with Crippen LogP contribution < -0.4 is 16.6 Å². The highest BCUT2D eigenvalue weighted by Gasteiger charge is 2.24. The van der Waals surface area contributed by atoms with E-state index in [1.807, 2.05) is 0 Å². The summed E-state index contributed by atoms with van der Waals surface area (Å²) in [6, 6.07) is -1.31. The Morgan fingerprint density at radius 1 is 1.38 bits per heavy atom. The van der Waals surface area contributed by atoms with Crippen molar-refractivity contribution >= 4 is 17.8 Å². The lowest BCUT2D eigenvalue weighted by molar-refractivity contribution is -0.139. The van der Waals surface area contributed by atoms with Gasteiger partial charge < -0.3 is 16.2 Å². The minimum absolute atomic E-state index is 0.155. The SMILES string of the molecule is Cc1n[nH]c(=O)c(C(=O)N[C@H](CCC(N)=O)C(=O)O)c1C. The standard InChI is InChI=1S/C12H16N4O5/c1-5-6(2)15-16-11(19)9(5)10(18)14-7(12(20)21)3-4-8(13)17/h7H,3-4H2,1-2H3,(H2,13,17)(H,14,18)(H,16,19)(H,20,21)/t7-/m1/s1. The third-order valence-electron chi connectivity index (χ3n) is 2.98. The van der Waals surface area contributed by atoms with E-state index in [1.165, 1.54) is 6.92 Å². The van der Waals surface area contributed by atoms with Gasteiger partial charge in [-0.15, -0.1) is 0 Å². The van der Waals surface area contributed by atoms with E-state index >= 15 is 0 Å². The zero-order valence-corrected chi connectivity index (χ0v) is 11.6. The van der Waals surface area contributed by atoms with Gasteiger partial charge in [0.2, 0.25) is 5.91 Å². The van der Waals surface area contributed by atoms with Crippen molar-refractivity contribution in [3.8, 4) is 0 Å².